The molecule has 2 aromatic heterocycles. The number of amides is 2. The maximum Gasteiger partial charge on any atom is 0.410 e. The van der Waals surface area contributed by atoms with Gasteiger partial charge in [0.25, 0.3) is 0 Å². The number of nitrogens with zero attached hydrogens (tertiary/aromatic N) is 7. The fourth-order valence-corrected chi connectivity index (χ4v) is 6.58. The molecule has 0 radical (unpaired) electrons. The number of likely N-dealkylation sites (tertiary alicyclic amines) is 2. The van der Waals surface area contributed by atoms with Crippen molar-refractivity contribution in [3.63, 3.8) is 0 Å². The van der Waals surface area contributed by atoms with Crippen molar-refractivity contribution in [1.82, 2.24) is 40.2 Å². The zero-order valence-electron chi connectivity index (χ0n) is 33.1. The summed E-state index contributed by atoms with van der Waals surface area (Å²) in [7, 11) is 0. The number of piperidine rings is 2. The van der Waals surface area contributed by atoms with Gasteiger partial charge < -0.3 is 19.3 Å². The third-order valence-electron chi connectivity index (χ3n) is 9.45. The van der Waals surface area contributed by atoms with Crippen molar-refractivity contribution in [1.29, 1.82) is 0 Å². The molecule has 1 N–H and O–H groups in total. The summed E-state index contributed by atoms with van der Waals surface area (Å²) < 4.78 is 12.8. The highest BCUT2D eigenvalue weighted by atomic mass is 16.6. The van der Waals surface area contributed by atoms with Gasteiger partial charge in [-0.1, -0.05) is 67.0 Å². The minimum absolute atomic E-state index is 0.163. The van der Waals surface area contributed by atoms with Gasteiger partial charge in [0.2, 0.25) is 0 Å². The van der Waals surface area contributed by atoms with E-state index in [2.05, 4.69) is 50.0 Å². The molecule has 0 unspecified atom stereocenters. The van der Waals surface area contributed by atoms with E-state index >= 15 is 0 Å². The first-order valence-electron chi connectivity index (χ1n) is 19.7. The number of carbonyl (C=O) groups excluding carboxylic acids is 2. The molecule has 2 fully saturated rings. The fraction of sp³-hybridized carbons (Fsp3) is 0.659. The lowest BCUT2D eigenvalue weighted by Crippen LogP contribution is -2.41. The van der Waals surface area contributed by atoms with Crippen LogP contribution < -0.4 is 0 Å². The Morgan fingerprint density at radius 3 is 2.04 bits per heavy atom. The van der Waals surface area contributed by atoms with Crippen LogP contribution in [0.4, 0.5) is 9.59 Å². The number of nitrogens with one attached hydrogen (secondary N) is 1. The Morgan fingerprint density at radius 1 is 0.811 bits per heavy atom. The Hall–Kier alpha value is -4.22. The molecule has 0 atom stereocenters. The van der Waals surface area contributed by atoms with Crippen molar-refractivity contribution in [3.05, 3.63) is 71.8 Å². The molecule has 2 amide bonds. The second kappa shape index (κ2) is 20.9. The second-order valence-electron chi connectivity index (χ2n) is 16.5. The molecule has 1 aromatic carbocycles. The van der Waals surface area contributed by atoms with Crippen LogP contribution in [-0.2, 0) is 28.9 Å². The van der Waals surface area contributed by atoms with Crippen molar-refractivity contribution in [3.8, 4) is 0 Å². The molecular weight excluding hydrogens is 669 g/mol. The molecular formula is C41H64N8O4. The molecule has 2 aliphatic rings. The maximum atomic E-state index is 12.1. The molecule has 4 heterocycles. The number of hydrogen-bond acceptors (Lipinski definition) is 8. The van der Waals surface area contributed by atoms with E-state index in [1.807, 2.05) is 80.4 Å². The van der Waals surface area contributed by atoms with Gasteiger partial charge in [0.05, 0.1) is 24.1 Å². The van der Waals surface area contributed by atoms with Crippen molar-refractivity contribution in [2.24, 2.45) is 11.8 Å². The molecule has 0 aliphatic carbocycles. The number of aromatic nitrogens is 6. The SMILES string of the molecule is CC(C)(C)OC(=O)N1CCC(/C=C/CCCc2cn(Cc3ccccc3)nn2)CC1.CC(C)(C)OC(=O)N1CCC(CCCCCc2cn[nH]n2)CC1. The summed E-state index contributed by atoms with van der Waals surface area (Å²) in [6.45, 7) is 15.4. The van der Waals surface area contributed by atoms with E-state index < -0.39 is 11.2 Å². The van der Waals surface area contributed by atoms with Gasteiger partial charge in [0, 0.05) is 32.4 Å². The van der Waals surface area contributed by atoms with Crippen molar-refractivity contribution in [2.45, 2.75) is 136 Å². The van der Waals surface area contributed by atoms with Crippen LogP contribution in [0.1, 0.15) is 123 Å². The summed E-state index contributed by atoms with van der Waals surface area (Å²) in [4.78, 5) is 27.8. The second-order valence-corrected chi connectivity index (χ2v) is 16.5. The Labute approximate surface area is 317 Å². The summed E-state index contributed by atoms with van der Waals surface area (Å²) in [5, 5.41) is 19.1. The third kappa shape index (κ3) is 16.6. The van der Waals surface area contributed by atoms with Crippen LogP contribution in [0.3, 0.4) is 0 Å². The average Bonchev–Trinajstić information content (AvgIpc) is 3.80. The first-order chi connectivity index (χ1) is 25.3. The Bertz CT molecular complexity index is 1490. The van der Waals surface area contributed by atoms with Crippen LogP contribution in [0.2, 0.25) is 0 Å². The van der Waals surface area contributed by atoms with Crippen molar-refractivity contribution >= 4 is 12.2 Å². The zero-order valence-corrected chi connectivity index (χ0v) is 33.1. The maximum absolute atomic E-state index is 12.1. The minimum Gasteiger partial charge on any atom is -0.444 e. The summed E-state index contributed by atoms with van der Waals surface area (Å²) in [5.74, 6) is 1.30. The van der Waals surface area contributed by atoms with Gasteiger partial charge in [-0.2, -0.15) is 15.4 Å². The predicted molar refractivity (Wildman–Crippen MR) is 207 cm³/mol. The molecule has 5 rings (SSSR count). The number of ether oxygens (including phenoxy) is 2. The van der Waals surface area contributed by atoms with E-state index in [0.29, 0.717) is 5.92 Å². The van der Waals surface area contributed by atoms with Crippen molar-refractivity contribution in [2.75, 3.05) is 26.2 Å². The number of hydrogen-bond donors (Lipinski definition) is 1. The van der Waals surface area contributed by atoms with Crippen molar-refractivity contribution < 1.29 is 19.1 Å². The molecule has 0 saturated carbocycles. The van der Waals surface area contributed by atoms with E-state index in [1.165, 1.54) is 31.2 Å². The zero-order chi connectivity index (χ0) is 38.1. The quantitative estimate of drug-likeness (QED) is 0.137. The Morgan fingerprint density at radius 2 is 1.43 bits per heavy atom. The van der Waals surface area contributed by atoms with E-state index in [9.17, 15) is 9.59 Å². The van der Waals surface area contributed by atoms with Crippen LogP contribution >= 0.6 is 0 Å². The van der Waals surface area contributed by atoms with Crippen LogP contribution in [0.25, 0.3) is 0 Å². The normalized spacial score (nSPS) is 16.0. The number of unbranched alkanes of at least 4 members (excludes halogenated alkanes) is 3. The van der Waals surface area contributed by atoms with E-state index in [4.69, 9.17) is 9.47 Å². The van der Waals surface area contributed by atoms with Crippen LogP contribution in [0, 0.1) is 11.8 Å². The van der Waals surface area contributed by atoms with Gasteiger partial charge in [0.15, 0.2) is 0 Å². The first-order valence-corrected chi connectivity index (χ1v) is 19.7. The number of aryl methyl sites for hydroxylation is 2. The van der Waals surface area contributed by atoms with E-state index in [-0.39, 0.29) is 12.2 Å². The molecule has 53 heavy (non-hydrogen) atoms. The van der Waals surface area contributed by atoms with Crippen LogP contribution in [-0.4, -0.2) is 89.8 Å². The number of benzene rings is 1. The molecule has 2 saturated heterocycles. The molecule has 3 aromatic rings. The van der Waals surface area contributed by atoms with Gasteiger partial charge >= 0.3 is 12.2 Å². The summed E-state index contributed by atoms with van der Waals surface area (Å²) in [6, 6.07) is 10.3. The van der Waals surface area contributed by atoms with Crippen LogP contribution in [0.5, 0.6) is 0 Å². The van der Waals surface area contributed by atoms with Gasteiger partial charge in [-0.15, -0.1) is 5.10 Å². The number of aromatic amines is 1. The van der Waals surface area contributed by atoms with Gasteiger partial charge in [-0.05, 0) is 117 Å². The topological polar surface area (TPSA) is 131 Å². The highest BCUT2D eigenvalue weighted by Crippen LogP contribution is 2.25. The van der Waals surface area contributed by atoms with Crippen LogP contribution in [0.15, 0.2) is 54.9 Å². The molecule has 292 valence electrons. The fourth-order valence-electron chi connectivity index (χ4n) is 6.58. The molecule has 0 spiro atoms. The minimum atomic E-state index is -0.430. The highest BCUT2D eigenvalue weighted by molar-refractivity contribution is 5.68. The molecule has 12 heteroatoms. The molecule has 12 nitrogen and oxygen atoms in total. The number of rotatable bonds is 13. The number of H-pyrrole nitrogens is 1. The summed E-state index contributed by atoms with van der Waals surface area (Å²) in [5.41, 5.74) is 2.49. The van der Waals surface area contributed by atoms with Gasteiger partial charge in [-0.25, -0.2) is 14.3 Å². The third-order valence-corrected chi connectivity index (χ3v) is 9.45. The smallest absolute Gasteiger partial charge is 0.410 e. The summed E-state index contributed by atoms with van der Waals surface area (Å²) >= 11 is 0. The Balaban J connectivity index is 0.000000245. The van der Waals surface area contributed by atoms with Gasteiger partial charge in [0.1, 0.15) is 11.2 Å². The van der Waals surface area contributed by atoms with E-state index in [1.54, 1.807) is 6.20 Å². The average molecular weight is 733 g/mol. The largest absolute Gasteiger partial charge is 0.444 e. The molecule has 2 aliphatic heterocycles. The lowest BCUT2D eigenvalue weighted by Gasteiger charge is -2.33. The lowest BCUT2D eigenvalue weighted by atomic mass is 9.91. The number of carbonyl (C=O) groups is 2. The van der Waals surface area contributed by atoms with E-state index in [0.717, 1.165) is 101 Å². The predicted octanol–water partition coefficient (Wildman–Crippen LogP) is 8.41. The standard InChI is InChI=1S/C24H34N4O2.C17H30N4O2/c1-24(2,3)30-23(29)27-16-14-20(15-17-27)10-6-5-9-13-22-19-28(26-25-22)18-21-11-7-4-8-12-21;1-17(2,3)23-16(22)21-11-9-14(10-12-21)7-5-4-6-8-15-13-18-20-19-15/h4,6-8,10-12,19-20H,5,9,13-18H2,1-3H3;13-14H,4-12H2,1-3H3,(H,18,19,20)/b10-6+;. The lowest BCUT2D eigenvalue weighted by molar-refractivity contribution is 0.0175. The summed E-state index contributed by atoms with van der Waals surface area (Å²) in [6.07, 6.45) is 21.3. The van der Waals surface area contributed by atoms with Gasteiger partial charge in [-0.3, -0.25) is 0 Å². The first kappa shape index (κ1) is 41.5. The monoisotopic (exact) mass is 733 g/mol. The number of allylic oxidation sites excluding steroid dienone is 2. The highest BCUT2D eigenvalue weighted by Gasteiger charge is 2.27. The molecule has 0 bridgehead atoms. The Kier molecular flexibility index (Phi) is 16.4.